The second-order valence-electron chi connectivity index (χ2n) is 4.14. The van der Waals surface area contributed by atoms with E-state index in [1.54, 1.807) is 7.05 Å². The molecule has 0 radical (unpaired) electrons. The van der Waals surface area contributed by atoms with Crippen molar-refractivity contribution in [3.63, 3.8) is 0 Å². The molecule has 0 unspecified atom stereocenters. The normalized spacial score (nSPS) is 10.4. The summed E-state index contributed by atoms with van der Waals surface area (Å²) in [4.78, 5) is 11.0. The van der Waals surface area contributed by atoms with Gasteiger partial charge in [-0.25, -0.2) is 0 Å². The third-order valence-electron chi connectivity index (χ3n) is 2.26. The van der Waals surface area contributed by atoms with Crippen molar-refractivity contribution in [1.82, 2.24) is 10.6 Å². The molecule has 0 bridgehead atoms. The molecule has 0 saturated carbocycles. The van der Waals surface area contributed by atoms with Crippen LogP contribution in [0.3, 0.4) is 0 Å². The Morgan fingerprint density at radius 1 is 1.41 bits per heavy atom. The van der Waals surface area contributed by atoms with Gasteiger partial charge in [0.2, 0.25) is 0 Å². The molecule has 0 atom stereocenters. The maximum atomic E-state index is 11.0. The summed E-state index contributed by atoms with van der Waals surface area (Å²) in [5.74, 6) is 0.590. The van der Waals surface area contributed by atoms with Gasteiger partial charge in [0.1, 0.15) is 5.75 Å². The standard InChI is InChI=1S/C13H20N2O2/c1-10(2)15-8-11-5-4-6-12(7-11)17-9-13(16)14-3/h4-7,10,15H,8-9H2,1-3H3,(H,14,16). The van der Waals surface area contributed by atoms with Crippen molar-refractivity contribution >= 4 is 5.91 Å². The van der Waals surface area contributed by atoms with Crippen molar-refractivity contribution in [3.05, 3.63) is 29.8 Å². The molecule has 1 aromatic carbocycles. The zero-order valence-electron chi connectivity index (χ0n) is 10.6. The van der Waals surface area contributed by atoms with Gasteiger partial charge in [-0.05, 0) is 17.7 Å². The molecule has 1 rings (SSSR count). The summed E-state index contributed by atoms with van der Waals surface area (Å²) >= 11 is 0. The SMILES string of the molecule is CNC(=O)COc1cccc(CNC(C)C)c1. The van der Waals surface area contributed by atoms with Gasteiger partial charge < -0.3 is 15.4 Å². The maximum absolute atomic E-state index is 11.0. The molecule has 0 aromatic heterocycles. The minimum Gasteiger partial charge on any atom is -0.484 e. The van der Waals surface area contributed by atoms with E-state index in [2.05, 4.69) is 24.5 Å². The molecule has 2 N–H and O–H groups in total. The third kappa shape index (κ3) is 5.36. The number of benzene rings is 1. The van der Waals surface area contributed by atoms with Crippen LogP contribution in [0.5, 0.6) is 5.75 Å². The lowest BCUT2D eigenvalue weighted by Gasteiger charge is -2.10. The fourth-order valence-electron chi connectivity index (χ4n) is 1.29. The van der Waals surface area contributed by atoms with Gasteiger partial charge in [0, 0.05) is 19.6 Å². The van der Waals surface area contributed by atoms with E-state index in [4.69, 9.17) is 4.74 Å². The Bertz CT molecular complexity index is 364. The van der Waals surface area contributed by atoms with E-state index in [1.807, 2.05) is 24.3 Å². The molecule has 0 heterocycles. The first-order valence-electron chi connectivity index (χ1n) is 5.77. The van der Waals surface area contributed by atoms with Crippen LogP contribution in [0.15, 0.2) is 24.3 Å². The van der Waals surface area contributed by atoms with Crippen molar-refractivity contribution in [1.29, 1.82) is 0 Å². The zero-order chi connectivity index (χ0) is 12.7. The highest BCUT2D eigenvalue weighted by molar-refractivity contribution is 5.77. The fourth-order valence-corrected chi connectivity index (χ4v) is 1.29. The highest BCUT2D eigenvalue weighted by atomic mass is 16.5. The number of hydrogen-bond acceptors (Lipinski definition) is 3. The molecular formula is C13H20N2O2. The van der Waals surface area contributed by atoms with Gasteiger partial charge in [-0.15, -0.1) is 0 Å². The molecule has 0 spiro atoms. The van der Waals surface area contributed by atoms with Crippen LogP contribution in [-0.2, 0) is 11.3 Å². The van der Waals surface area contributed by atoms with E-state index in [0.29, 0.717) is 6.04 Å². The van der Waals surface area contributed by atoms with Crippen molar-refractivity contribution in [2.45, 2.75) is 26.4 Å². The molecular weight excluding hydrogens is 216 g/mol. The van der Waals surface area contributed by atoms with E-state index in [9.17, 15) is 4.79 Å². The molecule has 4 nitrogen and oxygen atoms in total. The smallest absolute Gasteiger partial charge is 0.257 e. The summed E-state index contributed by atoms with van der Waals surface area (Å²) in [5.41, 5.74) is 1.15. The Kier molecular flexibility index (Phi) is 5.49. The number of carbonyl (C=O) groups is 1. The van der Waals surface area contributed by atoms with Crippen LogP contribution in [0.1, 0.15) is 19.4 Å². The Labute approximate surface area is 102 Å². The van der Waals surface area contributed by atoms with Crippen LogP contribution in [-0.4, -0.2) is 25.6 Å². The molecule has 0 saturated heterocycles. The van der Waals surface area contributed by atoms with E-state index >= 15 is 0 Å². The molecule has 0 aliphatic rings. The predicted molar refractivity (Wildman–Crippen MR) is 68.0 cm³/mol. The summed E-state index contributed by atoms with van der Waals surface area (Å²) in [6, 6.07) is 8.20. The lowest BCUT2D eigenvalue weighted by Crippen LogP contribution is -2.25. The van der Waals surface area contributed by atoms with E-state index < -0.39 is 0 Å². The molecule has 94 valence electrons. The first-order valence-corrected chi connectivity index (χ1v) is 5.77. The van der Waals surface area contributed by atoms with Crippen molar-refractivity contribution in [2.75, 3.05) is 13.7 Å². The monoisotopic (exact) mass is 236 g/mol. The topological polar surface area (TPSA) is 50.4 Å². The molecule has 0 aliphatic carbocycles. The summed E-state index contributed by atoms with van der Waals surface area (Å²) in [6.07, 6.45) is 0. The molecule has 0 fully saturated rings. The van der Waals surface area contributed by atoms with Gasteiger partial charge in [0.15, 0.2) is 6.61 Å². The summed E-state index contributed by atoms with van der Waals surface area (Å²) in [7, 11) is 1.59. The van der Waals surface area contributed by atoms with Crippen molar-refractivity contribution in [2.24, 2.45) is 0 Å². The fraction of sp³-hybridized carbons (Fsp3) is 0.462. The quantitative estimate of drug-likeness (QED) is 0.783. The highest BCUT2D eigenvalue weighted by Gasteiger charge is 2.01. The molecule has 0 aliphatic heterocycles. The van der Waals surface area contributed by atoms with Gasteiger partial charge in [0.25, 0.3) is 5.91 Å². The first-order chi connectivity index (χ1) is 8.11. The number of rotatable bonds is 6. The Morgan fingerprint density at radius 3 is 2.82 bits per heavy atom. The molecule has 4 heteroatoms. The third-order valence-corrected chi connectivity index (χ3v) is 2.26. The number of carbonyl (C=O) groups excluding carboxylic acids is 1. The summed E-state index contributed by atoms with van der Waals surface area (Å²) in [5, 5.41) is 5.84. The van der Waals surface area contributed by atoms with Gasteiger partial charge >= 0.3 is 0 Å². The van der Waals surface area contributed by atoms with Crippen LogP contribution in [0, 0.1) is 0 Å². The lowest BCUT2D eigenvalue weighted by atomic mass is 10.2. The number of nitrogens with one attached hydrogen (secondary N) is 2. The first kappa shape index (κ1) is 13.5. The van der Waals surface area contributed by atoms with Crippen LogP contribution < -0.4 is 15.4 Å². The van der Waals surface area contributed by atoms with Crippen LogP contribution in [0.4, 0.5) is 0 Å². The van der Waals surface area contributed by atoms with Gasteiger partial charge in [-0.1, -0.05) is 26.0 Å². The van der Waals surface area contributed by atoms with Gasteiger partial charge in [-0.3, -0.25) is 4.79 Å². The minimum absolute atomic E-state index is 0.0531. The van der Waals surface area contributed by atoms with Crippen LogP contribution in [0.2, 0.25) is 0 Å². The number of ether oxygens (including phenoxy) is 1. The summed E-state index contributed by atoms with van der Waals surface area (Å²) in [6.45, 7) is 5.06. The molecule has 17 heavy (non-hydrogen) atoms. The zero-order valence-corrected chi connectivity index (χ0v) is 10.6. The van der Waals surface area contributed by atoms with Crippen molar-refractivity contribution in [3.8, 4) is 5.75 Å². The van der Waals surface area contributed by atoms with Crippen LogP contribution in [0.25, 0.3) is 0 Å². The molecule has 1 amide bonds. The van der Waals surface area contributed by atoms with E-state index in [0.717, 1.165) is 17.9 Å². The van der Waals surface area contributed by atoms with Crippen molar-refractivity contribution < 1.29 is 9.53 Å². The Hall–Kier alpha value is -1.55. The number of likely N-dealkylation sites (N-methyl/N-ethyl adjacent to an activating group) is 1. The number of amides is 1. The second kappa shape index (κ2) is 6.91. The van der Waals surface area contributed by atoms with Gasteiger partial charge in [-0.2, -0.15) is 0 Å². The minimum atomic E-state index is -0.129. The number of hydrogen-bond donors (Lipinski definition) is 2. The van der Waals surface area contributed by atoms with E-state index in [1.165, 1.54) is 0 Å². The summed E-state index contributed by atoms with van der Waals surface area (Å²) < 4.78 is 5.37. The largest absolute Gasteiger partial charge is 0.484 e. The molecule has 1 aromatic rings. The average Bonchev–Trinajstić information content (AvgIpc) is 2.34. The average molecular weight is 236 g/mol. The Balaban J connectivity index is 2.50. The van der Waals surface area contributed by atoms with E-state index in [-0.39, 0.29) is 12.5 Å². The van der Waals surface area contributed by atoms with Gasteiger partial charge in [0.05, 0.1) is 0 Å². The maximum Gasteiger partial charge on any atom is 0.257 e. The predicted octanol–water partition coefficient (Wildman–Crippen LogP) is 1.31. The highest BCUT2D eigenvalue weighted by Crippen LogP contribution is 2.13. The second-order valence-corrected chi connectivity index (χ2v) is 4.14. The lowest BCUT2D eigenvalue weighted by molar-refractivity contribution is -0.122. The Morgan fingerprint density at radius 2 is 2.18 bits per heavy atom. The van der Waals surface area contributed by atoms with Crippen LogP contribution >= 0.6 is 0 Å².